The summed E-state index contributed by atoms with van der Waals surface area (Å²) < 4.78 is 5.90. The number of aliphatic hydroxyl groups is 1. The molecule has 1 saturated carbocycles. The van der Waals surface area contributed by atoms with E-state index in [1.807, 2.05) is 48.5 Å². The Labute approximate surface area is 162 Å². The number of H-pyrrole nitrogens is 1. The normalized spacial score (nSPS) is 22.0. The van der Waals surface area contributed by atoms with Gasteiger partial charge in [-0.15, -0.1) is 0 Å². The van der Waals surface area contributed by atoms with Crippen LogP contribution in [0.1, 0.15) is 29.6 Å². The van der Waals surface area contributed by atoms with Crippen LogP contribution in [0, 0.1) is 0 Å². The molecule has 0 aliphatic heterocycles. The molecular weight excluding hydrogens is 356 g/mol. The number of aromatic amines is 1. The number of para-hydroxylation sites is 2. The Balaban J connectivity index is 1.49. The number of aliphatic hydroxyl groups excluding tert-OH is 1. The van der Waals surface area contributed by atoms with E-state index in [-0.39, 0.29) is 5.56 Å². The Hall–Kier alpha value is -3.12. The SMILES string of the molecule is O=C(N[C@@H]1CCC[C@@H](Oc2ccccc2)[C@@H]1O)c1cc2ccccc2[nH]c1=O. The molecule has 0 saturated heterocycles. The van der Waals surface area contributed by atoms with Crippen LogP contribution in [0.25, 0.3) is 10.9 Å². The van der Waals surface area contributed by atoms with Gasteiger partial charge in [-0.1, -0.05) is 36.4 Å². The molecule has 2 aromatic carbocycles. The first-order valence-corrected chi connectivity index (χ1v) is 9.44. The summed E-state index contributed by atoms with van der Waals surface area (Å²) in [7, 11) is 0. The van der Waals surface area contributed by atoms with Gasteiger partial charge in [0.15, 0.2) is 0 Å². The van der Waals surface area contributed by atoms with E-state index in [1.165, 1.54) is 0 Å². The minimum Gasteiger partial charge on any atom is -0.488 e. The van der Waals surface area contributed by atoms with Crippen molar-refractivity contribution in [2.75, 3.05) is 0 Å². The van der Waals surface area contributed by atoms with Gasteiger partial charge in [0, 0.05) is 5.52 Å². The van der Waals surface area contributed by atoms with Gasteiger partial charge in [0.2, 0.25) is 0 Å². The smallest absolute Gasteiger partial charge is 0.261 e. The maximum absolute atomic E-state index is 12.7. The number of ether oxygens (including phenoxy) is 1. The van der Waals surface area contributed by atoms with Crippen LogP contribution >= 0.6 is 0 Å². The van der Waals surface area contributed by atoms with Crippen LogP contribution in [0.5, 0.6) is 5.75 Å². The minimum absolute atomic E-state index is 0.0389. The topological polar surface area (TPSA) is 91.4 Å². The maximum Gasteiger partial charge on any atom is 0.261 e. The summed E-state index contributed by atoms with van der Waals surface area (Å²) in [6.45, 7) is 0. The molecule has 1 heterocycles. The van der Waals surface area contributed by atoms with Crippen molar-refractivity contribution in [3.05, 3.63) is 76.6 Å². The molecular formula is C22H22N2O4. The molecule has 1 aliphatic rings. The van der Waals surface area contributed by atoms with Crippen molar-refractivity contribution in [3.8, 4) is 5.75 Å². The summed E-state index contributed by atoms with van der Waals surface area (Å²) in [5.74, 6) is 0.195. The number of rotatable bonds is 4. The molecule has 6 nitrogen and oxygen atoms in total. The number of fused-ring (bicyclic) bond motifs is 1. The number of benzene rings is 2. The third-order valence-corrected chi connectivity index (χ3v) is 5.14. The molecule has 0 unspecified atom stereocenters. The summed E-state index contributed by atoms with van der Waals surface area (Å²) >= 11 is 0. The van der Waals surface area contributed by atoms with E-state index >= 15 is 0 Å². The second kappa shape index (κ2) is 7.86. The summed E-state index contributed by atoms with van der Waals surface area (Å²) in [6, 6.07) is 17.7. The van der Waals surface area contributed by atoms with Crippen molar-refractivity contribution in [2.24, 2.45) is 0 Å². The molecule has 1 fully saturated rings. The molecule has 6 heteroatoms. The van der Waals surface area contributed by atoms with Crippen molar-refractivity contribution in [1.82, 2.24) is 10.3 Å². The van der Waals surface area contributed by atoms with Gasteiger partial charge in [-0.2, -0.15) is 0 Å². The zero-order valence-electron chi connectivity index (χ0n) is 15.3. The van der Waals surface area contributed by atoms with Crippen molar-refractivity contribution < 1.29 is 14.6 Å². The monoisotopic (exact) mass is 378 g/mol. The van der Waals surface area contributed by atoms with Gasteiger partial charge < -0.3 is 20.1 Å². The first-order chi connectivity index (χ1) is 13.6. The molecule has 144 valence electrons. The predicted molar refractivity (Wildman–Crippen MR) is 107 cm³/mol. The number of carbonyl (C=O) groups excluding carboxylic acids is 1. The average Bonchev–Trinajstić information content (AvgIpc) is 2.71. The van der Waals surface area contributed by atoms with E-state index in [0.29, 0.717) is 24.1 Å². The molecule has 0 spiro atoms. The third kappa shape index (κ3) is 3.77. The summed E-state index contributed by atoms with van der Waals surface area (Å²) in [6.07, 6.45) is 0.897. The maximum atomic E-state index is 12.7. The largest absolute Gasteiger partial charge is 0.488 e. The Kier molecular flexibility index (Phi) is 5.12. The fraction of sp³-hybridized carbons (Fsp3) is 0.273. The molecule has 3 aromatic rings. The van der Waals surface area contributed by atoms with Crippen LogP contribution in [0.3, 0.4) is 0 Å². The van der Waals surface area contributed by atoms with Gasteiger partial charge in [0.25, 0.3) is 11.5 Å². The first-order valence-electron chi connectivity index (χ1n) is 9.44. The highest BCUT2D eigenvalue weighted by atomic mass is 16.5. The second-order valence-electron chi connectivity index (χ2n) is 7.07. The lowest BCUT2D eigenvalue weighted by molar-refractivity contribution is -0.0140. The van der Waals surface area contributed by atoms with Gasteiger partial charge in [-0.05, 0) is 48.9 Å². The number of carbonyl (C=O) groups is 1. The van der Waals surface area contributed by atoms with Crippen LogP contribution in [-0.4, -0.2) is 34.2 Å². The fourth-order valence-electron chi connectivity index (χ4n) is 3.66. The van der Waals surface area contributed by atoms with Gasteiger partial charge in [-0.25, -0.2) is 0 Å². The summed E-state index contributed by atoms with van der Waals surface area (Å²) in [4.78, 5) is 27.7. The van der Waals surface area contributed by atoms with Crippen molar-refractivity contribution in [1.29, 1.82) is 0 Å². The predicted octanol–water partition coefficient (Wildman–Crippen LogP) is 2.62. The number of hydrogen-bond acceptors (Lipinski definition) is 4. The highest BCUT2D eigenvalue weighted by Crippen LogP contribution is 2.24. The van der Waals surface area contributed by atoms with Crippen molar-refractivity contribution >= 4 is 16.8 Å². The Bertz CT molecular complexity index is 1030. The van der Waals surface area contributed by atoms with Crippen LogP contribution in [-0.2, 0) is 0 Å². The Morgan fingerprint density at radius 2 is 1.82 bits per heavy atom. The Morgan fingerprint density at radius 3 is 2.64 bits per heavy atom. The van der Waals surface area contributed by atoms with E-state index in [1.54, 1.807) is 12.1 Å². The van der Waals surface area contributed by atoms with Gasteiger partial charge in [-0.3, -0.25) is 9.59 Å². The number of nitrogens with one attached hydrogen (secondary N) is 2. The van der Waals surface area contributed by atoms with Gasteiger partial charge >= 0.3 is 0 Å². The number of aromatic nitrogens is 1. The van der Waals surface area contributed by atoms with Gasteiger partial charge in [0.05, 0.1) is 6.04 Å². The molecule has 28 heavy (non-hydrogen) atoms. The van der Waals surface area contributed by atoms with Crippen LogP contribution in [0.4, 0.5) is 0 Å². The standard InChI is InChI=1S/C22H22N2O4/c25-20-18(11-6-12-19(20)28-15-8-2-1-3-9-15)24-22(27)16-13-14-7-4-5-10-17(14)23-21(16)26/h1-5,7-10,13,18-20,25H,6,11-12H2,(H,23,26)(H,24,27)/t18-,19-,20-/m1/s1. The third-order valence-electron chi connectivity index (χ3n) is 5.14. The van der Waals surface area contributed by atoms with E-state index in [9.17, 15) is 14.7 Å². The number of pyridine rings is 1. The molecule has 1 aliphatic carbocycles. The van der Waals surface area contributed by atoms with Crippen LogP contribution < -0.4 is 15.6 Å². The highest BCUT2D eigenvalue weighted by molar-refractivity contribution is 5.97. The van der Waals surface area contributed by atoms with Crippen LogP contribution in [0.2, 0.25) is 0 Å². The Morgan fingerprint density at radius 1 is 1.07 bits per heavy atom. The number of amides is 1. The van der Waals surface area contributed by atoms with Crippen molar-refractivity contribution in [2.45, 2.75) is 37.5 Å². The van der Waals surface area contributed by atoms with Crippen molar-refractivity contribution in [3.63, 3.8) is 0 Å². The molecule has 0 bridgehead atoms. The number of hydrogen-bond donors (Lipinski definition) is 3. The van der Waals surface area contributed by atoms with Gasteiger partial charge in [0.1, 0.15) is 23.5 Å². The second-order valence-corrected chi connectivity index (χ2v) is 7.07. The molecule has 1 aromatic heterocycles. The highest BCUT2D eigenvalue weighted by Gasteiger charge is 2.34. The molecule has 3 N–H and O–H groups in total. The molecule has 1 amide bonds. The lowest BCUT2D eigenvalue weighted by Crippen LogP contribution is -2.53. The van der Waals surface area contributed by atoms with E-state index in [4.69, 9.17) is 4.74 Å². The fourth-order valence-corrected chi connectivity index (χ4v) is 3.66. The van der Waals surface area contributed by atoms with E-state index in [2.05, 4.69) is 10.3 Å². The van der Waals surface area contributed by atoms with Crippen LogP contribution in [0.15, 0.2) is 65.5 Å². The van der Waals surface area contributed by atoms with E-state index < -0.39 is 29.7 Å². The zero-order valence-corrected chi connectivity index (χ0v) is 15.3. The molecule has 4 rings (SSSR count). The first kappa shape index (κ1) is 18.3. The molecule has 3 atom stereocenters. The summed E-state index contributed by atoms with van der Waals surface area (Å²) in [5, 5.41) is 14.3. The average molecular weight is 378 g/mol. The quantitative estimate of drug-likeness (QED) is 0.651. The van der Waals surface area contributed by atoms with E-state index in [0.717, 1.165) is 11.8 Å². The minimum atomic E-state index is -0.850. The lowest BCUT2D eigenvalue weighted by Gasteiger charge is -2.35. The lowest BCUT2D eigenvalue weighted by atomic mass is 9.89. The molecule has 0 radical (unpaired) electrons. The summed E-state index contributed by atoms with van der Waals surface area (Å²) in [5.41, 5.74) is 0.272. The zero-order chi connectivity index (χ0) is 19.5.